The van der Waals surface area contributed by atoms with Crippen LogP contribution in [0.15, 0.2) is 30.2 Å². The number of hydrogen-bond donors (Lipinski definition) is 1. The van der Waals surface area contributed by atoms with Gasteiger partial charge in [0, 0.05) is 30.6 Å². The van der Waals surface area contributed by atoms with E-state index in [-0.39, 0.29) is 11.9 Å². The summed E-state index contributed by atoms with van der Waals surface area (Å²) in [6.45, 7) is 8.25. The van der Waals surface area contributed by atoms with Crippen molar-refractivity contribution in [2.24, 2.45) is 5.92 Å². The van der Waals surface area contributed by atoms with Crippen molar-refractivity contribution in [3.05, 3.63) is 41.6 Å². The second kappa shape index (κ2) is 9.66. The number of amides is 1. The lowest BCUT2D eigenvalue weighted by Gasteiger charge is -2.33. The van der Waals surface area contributed by atoms with Crippen LogP contribution >= 0.6 is 11.3 Å². The summed E-state index contributed by atoms with van der Waals surface area (Å²) < 4.78 is 3.74. The molecule has 1 saturated heterocycles. The van der Waals surface area contributed by atoms with E-state index in [0.717, 1.165) is 48.9 Å². The van der Waals surface area contributed by atoms with E-state index >= 15 is 0 Å². The second-order valence-electron chi connectivity index (χ2n) is 10.2. The third-order valence-electron chi connectivity index (χ3n) is 7.01. The SMILES string of the molecule is CC1CCN(c2cnc(C(=O)Nc3csc(-c4nnnn4C(C)C)n3)cc2-n2cnc(C3CC3)c2)CC1. The minimum atomic E-state index is -0.317. The molecule has 0 bridgehead atoms. The molecule has 0 aromatic carbocycles. The van der Waals surface area contributed by atoms with Gasteiger partial charge in [-0.2, -0.15) is 0 Å². The van der Waals surface area contributed by atoms with E-state index in [1.165, 1.54) is 24.2 Å². The highest BCUT2D eigenvalue weighted by atomic mass is 32.1. The molecule has 1 N–H and O–H groups in total. The molecule has 12 heteroatoms. The van der Waals surface area contributed by atoms with Gasteiger partial charge >= 0.3 is 0 Å². The predicted molar refractivity (Wildman–Crippen MR) is 141 cm³/mol. The van der Waals surface area contributed by atoms with Gasteiger partial charge in [0.2, 0.25) is 5.82 Å². The number of tetrazole rings is 1. The Bertz CT molecular complexity index is 1410. The Morgan fingerprint density at radius 3 is 2.70 bits per heavy atom. The Morgan fingerprint density at radius 2 is 1.95 bits per heavy atom. The first kappa shape index (κ1) is 23.7. The van der Waals surface area contributed by atoms with Gasteiger partial charge in [-0.1, -0.05) is 6.92 Å². The van der Waals surface area contributed by atoms with Gasteiger partial charge in [-0.05, 0) is 61.9 Å². The number of carbonyl (C=O) groups excluding carboxylic acids is 1. The Hall–Kier alpha value is -3.67. The number of thiazole rings is 1. The molecule has 2 fully saturated rings. The number of aromatic nitrogens is 8. The zero-order valence-electron chi connectivity index (χ0n) is 21.2. The zero-order valence-corrected chi connectivity index (χ0v) is 22.0. The standard InChI is InChI=1S/C25H30N10OS/c1-15(2)35-23(30-31-32-35)25-29-22(13-37-25)28-24(36)18-10-20(34-12-19(27-14-34)17-4-5-17)21(11-26-18)33-8-6-16(3)7-9-33/h10-17H,4-9H2,1-3H3,(H,28,36). The normalized spacial score (nSPS) is 16.5. The fraction of sp³-hybridized carbons (Fsp3) is 0.480. The van der Waals surface area contributed by atoms with E-state index in [9.17, 15) is 4.79 Å². The maximum absolute atomic E-state index is 13.2. The largest absolute Gasteiger partial charge is 0.369 e. The van der Waals surface area contributed by atoms with Gasteiger partial charge < -0.3 is 14.8 Å². The van der Waals surface area contributed by atoms with Crippen molar-refractivity contribution in [3.63, 3.8) is 0 Å². The minimum Gasteiger partial charge on any atom is -0.369 e. The van der Waals surface area contributed by atoms with Crippen molar-refractivity contribution in [1.29, 1.82) is 0 Å². The summed E-state index contributed by atoms with van der Waals surface area (Å²) in [4.78, 5) is 29.3. The molecule has 11 nitrogen and oxygen atoms in total. The van der Waals surface area contributed by atoms with Crippen LogP contribution in [-0.4, -0.2) is 58.7 Å². The minimum absolute atomic E-state index is 0.0970. The molecule has 1 saturated carbocycles. The van der Waals surface area contributed by atoms with Gasteiger partial charge in [0.25, 0.3) is 5.91 Å². The molecule has 37 heavy (non-hydrogen) atoms. The molecule has 1 aliphatic heterocycles. The summed E-state index contributed by atoms with van der Waals surface area (Å²) in [6.07, 6.45) is 10.4. The van der Waals surface area contributed by atoms with Gasteiger partial charge in [-0.25, -0.2) is 19.6 Å². The Balaban J connectivity index is 1.27. The first-order chi connectivity index (χ1) is 18.0. The van der Waals surface area contributed by atoms with Gasteiger partial charge in [-0.15, -0.1) is 16.4 Å². The van der Waals surface area contributed by atoms with Gasteiger partial charge in [0.1, 0.15) is 11.5 Å². The lowest BCUT2D eigenvalue weighted by atomic mass is 9.99. The van der Waals surface area contributed by atoms with E-state index in [1.54, 1.807) is 10.1 Å². The Kier molecular flexibility index (Phi) is 6.19. The lowest BCUT2D eigenvalue weighted by molar-refractivity contribution is 0.102. The summed E-state index contributed by atoms with van der Waals surface area (Å²) in [5, 5.41) is 17.2. The van der Waals surface area contributed by atoms with E-state index in [4.69, 9.17) is 0 Å². The molecule has 6 rings (SSSR count). The molecule has 4 aromatic heterocycles. The molecule has 2 aliphatic rings. The van der Waals surface area contributed by atoms with Crippen LogP contribution in [0.4, 0.5) is 11.5 Å². The van der Waals surface area contributed by atoms with Crippen LogP contribution in [0.5, 0.6) is 0 Å². The number of piperidine rings is 1. The molecular formula is C25H30N10OS. The lowest BCUT2D eigenvalue weighted by Crippen LogP contribution is -2.33. The van der Waals surface area contributed by atoms with Crippen LogP contribution in [0.3, 0.4) is 0 Å². The summed E-state index contributed by atoms with van der Waals surface area (Å²) >= 11 is 1.38. The number of anilines is 2. The summed E-state index contributed by atoms with van der Waals surface area (Å²) in [5.74, 6) is 1.98. The van der Waals surface area contributed by atoms with Gasteiger partial charge in [0.05, 0.1) is 35.6 Å². The number of rotatable bonds is 7. The predicted octanol–water partition coefficient (Wildman–Crippen LogP) is 4.32. The second-order valence-corrected chi connectivity index (χ2v) is 11.1. The topological polar surface area (TPSA) is 120 Å². The van der Waals surface area contributed by atoms with Crippen LogP contribution < -0.4 is 10.2 Å². The number of carbonyl (C=O) groups is 1. The average molecular weight is 519 g/mol. The molecule has 0 unspecified atom stereocenters. The van der Waals surface area contributed by atoms with Crippen LogP contribution in [0.25, 0.3) is 16.5 Å². The third kappa shape index (κ3) is 4.85. The fourth-order valence-electron chi connectivity index (χ4n) is 4.62. The summed E-state index contributed by atoms with van der Waals surface area (Å²) in [5.41, 5.74) is 3.39. The number of hydrogen-bond acceptors (Lipinski definition) is 9. The first-order valence-electron chi connectivity index (χ1n) is 12.8. The van der Waals surface area contributed by atoms with Crippen molar-refractivity contribution < 1.29 is 4.79 Å². The highest BCUT2D eigenvalue weighted by Crippen LogP contribution is 2.39. The fourth-order valence-corrected chi connectivity index (χ4v) is 5.34. The maximum atomic E-state index is 13.2. The molecule has 0 radical (unpaired) electrons. The Morgan fingerprint density at radius 1 is 1.14 bits per heavy atom. The highest BCUT2D eigenvalue weighted by Gasteiger charge is 2.27. The van der Waals surface area contributed by atoms with Crippen LogP contribution in [0.2, 0.25) is 0 Å². The van der Waals surface area contributed by atoms with Gasteiger partial charge in [-0.3, -0.25) is 4.79 Å². The van der Waals surface area contributed by atoms with E-state index in [1.807, 2.05) is 37.0 Å². The van der Waals surface area contributed by atoms with E-state index in [2.05, 4.69) is 53.8 Å². The van der Waals surface area contributed by atoms with Crippen LogP contribution in [0, 0.1) is 5.92 Å². The molecule has 0 spiro atoms. The third-order valence-corrected chi connectivity index (χ3v) is 7.85. The summed E-state index contributed by atoms with van der Waals surface area (Å²) in [6, 6.07) is 1.95. The number of pyridine rings is 1. The molecule has 1 aliphatic carbocycles. The average Bonchev–Trinajstić information content (AvgIpc) is 3.27. The maximum Gasteiger partial charge on any atom is 0.275 e. The van der Waals surface area contributed by atoms with Crippen molar-refractivity contribution in [2.45, 2.75) is 58.4 Å². The molecule has 0 atom stereocenters. The van der Waals surface area contributed by atoms with Crippen molar-refractivity contribution in [2.75, 3.05) is 23.3 Å². The first-order valence-corrected chi connectivity index (χ1v) is 13.7. The van der Waals surface area contributed by atoms with Crippen molar-refractivity contribution >= 4 is 28.7 Å². The smallest absolute Gasteiger partial charge is 0.275 e. The summed E-state index contributed by atoms with van der Waals surface area (Å²) in [7, 11) is 0. The van der Waals surface area contributed by atoms with Crippen LogP contribution in [-0.2, 0) is 0 Å². The molecule has 192 valence electrons. The number of imidazole rings is 1. The molecule has 5 heterocycles. The Labute approximate surface area is 219 Å². The van der Waals surface area contributed by atoms with E-state index in [0.29, 0.717) is 28.3 Å². The van der Waals surface area contributed by atoms with E-state index < -0.39 is 0 Å². The molecule has 1 amide bonds. The number of nitrogens with one attached hydrogen (secondary N) is 1. The van der Waals surface area contributed by atoms with Crippen molar-refractivity contribution in [3.8, 4) is 16.5 Å². The van der Waals surface area contributed by atoms with Crippen molar-refractivity contribution in [1.82, 2.24) is 39.7 Å². The monoisotopic (exact) mass is 518 g/mol. The number of nitrogens with zero attached hydrogens (tertiary/aromatic N) is 9. The zero-order chi connectivity index (χ0) is 25.5. The van der Waals surface area contributed by atoms with Crippen LogP contribution in [0.1, 0.15) is 74.6 Å². The molecule has 4 aromatic rings. The quantitative estimate of drug-likeness (QED) is 0.384. The van der Waals surface area contributed by atoms with Gasteiger partial charge in [0.15, 0.2) is 5.01 Å². The molecular weight excluding hydrogens is 488 g/mol. The highest BCUT2D eigenvalue weighted by molar-refractivity contribution is 7.13.